The minimum absolute atomic E-state index is 0.283. The van der Waals surface area contributed by atoms with E-state index in [-0.39, 0.29) is 12.6 Å². The number of allylic oxidation sites excluding steroid dienone is 1. The largest absolute Gasteiger partial charge is 0.494 e. The second kappa shape index (κ2) is 11.6. The smallest absolute Gasteiger partial charge is 0.338 e. The molecular weight excluding hydrogens is 484 g/mol. The van der Waals surface area contributed by atoms with Crippen LogP contribution >= 0.6 is 23.4 Å². The number of hydrogen-bond acceptors (Lipinski definition) is 7. The van der Waals surface area contributed by atoms with Crippen LogP contribution in [0.2, 0.25) is 5.02 Å². The normalized spacial score (nSPS) is 14.9. The highest BCUT2D eigenvalue weighted by atomic mass is 35.5. The van der Waals surface area contributed by atoms with Gasteiger partial charge in [0.1, 0.15) is 11.8 Å². The number of nitrogens with one attached hydrogen (secondary N) is 1. The summed E-state index contributed by atoms with van der Waals surface area (Å²) < 4.78 is 13.1. The Kier molecular flexibility index (Phi) is 8.36. The predicted octanol–water partition coefficient (Wildman–Crippen LogP) is 6.25. The van der Waals surface area contributed by atoms with Crippen LogP contribution in [-0.2, 0) is 15.3 Å². The third-order valence-corrected chi connectivity index (χ3v) is 6.84. The van der Waals surface area contributed by atoms with Gasteiger partial charge in [0, 0.05) is 16.5 Å². The number of carbonyl (C=O) groups excluding carboxylic acids is 1. The van der Waals surface area contributed by atoms with Crippen molar-refractivity contribution < 1.29 is 14.3 Å². The van der Waals surface area contributed by atoms with Crippen LogP contribution in [-0.4, -0.2) is 33.9 Å². The lowest BCUT2D eigenvalue weighted by atomic mass is 9.95. The second-order valence-electron chi connectivity index (χ2n) is 8.10. The van der Waals surface area contributed by atoms with E-state index in [1.54, 1.807) is 11.6 Å². The number of halogens is 1. The van der Waals surface area contributed by atoms with Crippen molar-refractivity contribution in [1.29, 1.82) is 0 Å². The number of unbranched alkanes of at least 4 members (excludes halogenated alkanes) is 1. The first-order chi connectivity index (χ1) is 17.0. The molecule has 0 bridgehead atoms. The van der Waals surface area contributed by atoms with Gasteiger partial charge >= 0.3 is 5.97 Å². The van der Waals surface area contributed by atoms with E-state index in [0.29, 0.717) is 39.8 Å². The lowest BCUT2D eigenvalue weighted by Crippen LogP contribution is -2.29. The molecule has 7 nitrogen and oxygen atoms in total. The van der Waals surface area contributed by atoms with E-state index >= 15 is 0 Å². The number of benzene rings is 2. The van der Waals surface area contributed by atoms with Crippen molar-refractivity contribution in [3.63, 3.8) is 0 Å². The first-order valence-corrected chi connectivity index (χ1v) is 13.1. The molecule has 0 fully saturated rings. The molecule has 0 radical (unpaired) electrons. The van der Waals surface area contributed by atoms with Crippen molar-refractivity contribution in [2.45, 2.75) is 50.6 Å². The number of fused-ring (bicyclic) bond motifs is 1. The quantitative estimate of drug-likeness (QED) is 0.195. The molecule has 35 heavy (non-hydrogen) atoms. The van der Waals surface area contributed by atoms with E-state index in [1.165, 1.54) is 11.8 Å². The molecule has 9 heteroatoms. The highest BCUT2D eigenvalue weighted by Crippen LogP contribution is 2.38. The Balaban J connectivity index is 1.68. The lowest BCUT2D eigenvalue weighted by molar-refractivity contribution is -0.139. The molecule has 1 unspecified atom stereocenters. The van der Waals surface area contributed by atoms with Crippen LogP contribution in [0.3, 0.4) is 0 Å². The van der Waals surface area contributed by atoms with Gasteiger partial charge in [-0.1, -0.05) is 67.0 Å². The monoisotopic (exact) mass is 512 g/mol. The predicted molar refractivity (Wildman–Crippen MR) is 139 cm³/mol. The summed E-state index contributed by atoms with van der Waals surface area (Å²) in [7, 11) is 0. The van der Waals surface area contributed by atoms with Crippen LogP contribution in [0.4, 0.5) is 5.95 Å². The lowest BCUT2D eigenvalue weighted by Gasteiger charge is -2.28. The van der Waals surface area contributed by atoms with Crippen LogP contribution in [0.1, 0.15) is 50.8 Å². The molecule has 0 spiro atoms. The molecule has 1 atom stereocenters. The Morgan fingerprint density at radius 1 is 1.20 bits per heavy atom. The van der Waals surface area contributed by atoms with Crippen molar-refractivity contribution in [1.82, 2.24) is 14.8 Å². The van der Waals surface area contributed by atoms with E-state index in [1.807, 2.05) is 55.5 Å². The minimum Gasteiger partial charge on any atom is -0.494 e. The van der Waals surface area contributed by atoms with Gasteiger partial charge in [-0.05, 0) is 49.6 Å². The zero-order chi connectivity index (χ0) is 24.8. The molecular formula is C26H29ClN4O3S. The summed E-state index contributed by atoms with van der Waals surface area (Å²) in [6.45, 7) is 6.71. The average Bonchev–Trinajstić information content (AvgIpc) is 3.25. The fraction of sp³-hybridized carbons (Fsp3) is 0.346. The van der Waals surface area contributed by atoms with Crippen LogP contribution in [0.25, 0.3) is 0 Å². The summed E-state index contributed by atoms with van der Waals surface area (Å²) in [6.07, 6.45) is 2.03. The molecule has 2 heterocycles. The molecule has 0 saturated carbocycles. The van der Waals surface area contributed by atoms with E-state index in [0.717, 1.165) is 29.7 Å². The topological polar surface area (TPSA) is 78.3 Å². The van der Waals surface area contributed by atoms with Gasteiger partial charge in [-0.15, -0.1) is 5.10 Å². The molecule has 2 aromatic carbocycles. The number of aromatic nitrogens is 3. The Hall–Kier alpha value is -2.97. The van der Waals surface area contributed by atoms with E-state index in [9.17, 15) is 4.79 Å². The zero-order valence-corrected chi connectivity index (χ0v) is 21.7. The molecule has 0 amide bonds. The molecule has 1 aliphatic heterocycles. The van der Waals surface area contributed by atoms with E-state index in [4.69, 9.17) is 26.2 Å². The molecule has 3 aromatic rings. The maximum Gasteiger partial charge on any atom is 0.338 e. The molecule has 184 valence electrons. The molecule has 0 saturated heterocycles. The Bertz CT molecular complexity index is 1230. The summed E-state index contributed by atoms with van der Waals surface area (Å²) in [5.41, 5.74) is 3.07. The van der Waals surface area contributed by atoms with Gasteiger partial charge in [0.15, 0.2) is 0 Å². The van der Waals surface area contributed by atoms with Crippen molar-refractivity contribution in [2.75, 3.05) is 18.5 Å². The summed E-state index contributed by atoms with van der Waals surface area (Å²) in [4.78, 5) is 17.7. The van der Waals surface area contributed by atoms with Gasteiger partial charge in [0.25, 0.3) is 0 Å². The van der Waals surface area contributed by atoms with Crippen LogP contribution in [0.15, 0.2) is 65.0 Å². The third-order valence-electron chi connectivity index (χ3n) is 5.58. The van der Waals surface area contributed by atoms with Crippen molar-refractivity contribution in [3.8, 4) is 5.75 Å². The molecule has 0 aliphatic carbocycles. The van der Waals surface area contributed by atoms with Crippen molar-refractivity contribution in [3.05, 3.63) is 76.0 Å². The minimum atomic E-state index is -0.498. The summed E-state index contributed by atoms with van der Waals surface area (Å²) in [6, 6.07) is 15.0. The Morgan fingerprint density at radius 3 is 2.80 bits per heavy atom. The summed E-state index contributed by atoms with van der Waals surface area (Å²) in [5, 5.41) is 9.30. The molecule has 1 N–H and O–H groups in total. The first kappa shape index (κ1) is 25.1. The summed E-state index contributed by atoms with van der Waals surface area (Å²) in [5.74, 6) is 1.57. The second-order valence-corrected chi connectivity index (χ2v) is 9.45. The van der Waals surface area contributed by atoms with Gasteiger partial charge < -0.3 is 14.8 Å². The number of anilines is 1. The maximum atomic E-state index is 13.0. The molecule has 1 aromatic heterocycles. The number of thioether (sulfide) groups is 1. The Labute approximate surface area is 214 Å². The fourth-order valence-electron chi connectivity index (χ4n) is 3.84. The van der Waals surface area contributed by atoms with Gasteiger partial charge in [0.05, 0.1) is 18.8 Å². The SMILES string of the molecule is CCCCOc1cccc(C2C(C(=O)OCC)=C(C)Nc3nc(SCc4ccccc4Cl)nn32)c1. The number of ether oxygens (including phenoxy) is 2. The van der Waals surface area contributed by atoms with Crippen molar-refractivity contribution in [2.24, 2.45) is 0 Å². The number of carbonyl (C=O) groups is 1. The first-order valence-electron chi connectivity index (χ1n) is 11.7. The number of nitrogens with zero attached hydrogens (tertiary/aromatic N) is 3. The van der Waals surface area contributed by atoms with Gasteiger partial charge in [-0.3, -0.25) is 0 Å². The number of esters is 1. The van der Waals surface area contributed by atoms with Crippen LogP contribution < -0.4 is 10.1 Å². The highest BCUT2D eigenvalue weighted by Gasteiger charge is 2.35. The average molecular weight is 513 g/mol. The number of rotatable bonds is 10. The zero-order valence-electron chi connectivity index (χ0n) is 20.1. The van der Waals surface area contributed by atoms with Gasteiger partial charge in [0.2, 0.25) is 11.1 Å². The standard InChI is InChI=1S/C26H29ClN4O3S/c1-4-6-14-34-20-12-9-11-18(15-20)23-22(24(32)33-5-2)17(3)28-25-29-26(30-31(23)25)35-16-19-10-7-8-13-21(19)27/h7-13,15,23H,4-6,14,16H2,1-3H3,(H,28,29,30). The third kappa shape index (κ3) is 5.82. The Morgan fingerprint density at radius 2 is 2.03 bits per heavy atom. The van der Waals surface area contributed by atoms with Gasteiger partial charge in [-0.25, -0.2) is 9.48 Å². The molecule has 1 aliphatic rings. The van der Waals surface area contributed by atoms with Crippen molar-refractivity contribution >= 4 is 35.3 Å². The van der Waals surface area contributed by atoms with E-state index < -0.39 is 6.04 Å². The van der Waals surface area contributed by atoms with Crippen LogP contribution in [0, 0.1) is 0 Å². The fourth-order valence-corrected chi connectivity index (χ4v) is 4.96. The summed E-state index contributed by atoms with van der Waals surface area (Å²) >= 11 is 7.81. The van der Waals surface area contributed by atoms with Crippen LogP contribution in [0.5, 0.6) is 5.75 Å². The molecule has 4 rings (SSSR count). The van der Waals surface area contributed by atoms with E-state index in [2.05, 4.69) is 17.2 Å². The number of hydrogen-bond donors (Lipinski definition) is 1. The highest BCUT2D eigenvalue weighted by molar-refractivity contribution is 7.98. The van der Waals surface area contributed by atoms with Gasteiger partial charge in [-0.2, -0.15) is 4.98 Å². The maximum absolute atomic E-state index is 13.0.